The first kappa shape index (κ1) is 18.9. The molecular formula is C21H24N2O4S. The van der Waals surface area contributed by atoms with Crippen LogP contribution in [0.4, 0.5) is 5.82 Å². The van der Waals surface area contributed by atoms with Crippen LogP contribution in [0.5, 0.6) is 5.75 Å². The van der Waals surface area contributed by atoms with Gasteiger partial charge in [0.1, 0.15) is 6.61 Å². The number of pyridine rings is 1. The summed E-state index contributed by atoms with van der Waals surface area (Å²) >= 11 is 0. The molecule has 1 aromatic carbocycles. The van der Waals surface area contributed by atoms with Crippen molar-refractivity contribution in [3.05, 3.63) is 54.2 Å². The lowest BCUT2D eigenvalue weighted by Gasteiger charge is -2.35. The van der Waals surface area contributed by atoms with Crippen LogP contribution in [0.2, 0.25) is 0 Å². The average molecular weight is 401 g/mol. The first-order valence-corrected chi connectivity index (χ1v) is 10.9. The fourth-order valence-corrected chi connectivity index (χ4v) is 7.01. The maximum Gasteiger partial charge on any atom is 0.247 e. The first-order valence-electron chi connectivity index (χ1n) is 9.45. The zero-order valence-corrected chi connectivity index (χ0v) is 16.8. The van der Waals surface area contributed by atoms with Gasteiger partial charge in [0.2, 0.25) is 10.0 Å². The van der Waals surface area contributed by atoms with Gasteiger partial charge in [0, 0.05) is 12.6 Å². The zero-order chi connectivity index (χ0) is 20.0. The van der Waals surface area contributed by atoms with E-state index in [0.29, 0.717) is 25.2 Å². The molecule has 6 nitrogen and oxygen atoms in total. The number of rotatable bonds is 6. The summed E-state index contributed by atoms with van der Waals surface area (Å²) in [6.07, 6.45) is 2.93. The highest BCUT2D eigenvalue weighted by atomic mass is 32.2. The van der Waals surface area contributed by atoms with Gasteiger partial charge in [0.05, 0.1) is 0 Å². The highest BCUT2D eigenvalue weighted by Crippen LogP contribution is 2.62. The van der Waals surface area contributed by atoms with E-state index >= 15 is 0 Å². The van der Waals surface area contributed by atoms with Gasteiger partial charge in [-0.2, -0.15) is 0 Å². The number of carbonyl (C=O) groups is 1. The molecule has 4 rings (SSSR count). The summed E-state index contributed by atoms with van der Waals surface area (Å²) in [5.41, 5.74) is 0.361. The highest BCUT2D eigenvalue weighted by Gasteiger charge is 2.71. The second kappa shape index (κ2) is 6.58. The molecule has 0 amide bonds. The fourth-order valence-electron chi connectivity index (χ4n) is 4.80. The number of Topliss-reactive ketones (excluding diaryl/α,β-unsaturated/α-hetero) is 1. The lowest BCUT2D eigenvalue weighted by atomic mass is 9.81. The van der Waals surface area contributed by atoms with Crippen LogP contribution in [-0.2, 0) is 21.4 Å². The summed E-state index contributed by atoms with van der Waals surface area (Å²) in [5.74, 6) is 0.369. The summed E-state index contributed by atoms with van der Waals surface area (Å²) < 4.78 is 33.8. The van der Waals surface area contributed by atoms with Crippen molar-refractivity contribution in [3.8, 4) is 5.75 Å². The van der Waals surface area contributed by atoms with Crippen LogP contribution in [0, 0.1) is 11.3 Å². The molecule has 0 saturated heterocycles. The predicted molar refractivity (Wildman–Crippen MR) is 106 cm³/mol. The summed E-state index contributed by atoms with van der Waals surface area (Å²) in [4.78, 5) is 16.9. The van der Waals surface area contributed by atoms with Crippen LogP contribution in [0.1, 0.15) is 38.7 Å². The molecule has 1 N–H and O–H groups in total. The van der Waals surface area contributed by atoms with Crippen LogP contribution >= 0.6 is 0 Å². The minimum absolute atomic E-state index is 0.106. The van der Waals surface area contributed by atoms with Gasteiger partial charge < -0.3 is 4.74 Å². The van der Waals surface area contributed by atoms with E-state index in [4.69, 9.17) is 4.74 Å². The Morgan fingerprint density at radius 1 is 1.18 bits per heavy atom. The van der Waals surface area contributed by atoms with Crippen molar-refractivity contribution in [2.75, 3.05) is 4.72 Å². The molecule has 2 aliphatic carbocycles. The number of hydrogen-bond acceptors (Lipinski definition) is 5. The number of sulfonamides is 1. The van der Waals surface area contributed by atoms with Gasteiger partial charge in [-0.15, -0.1) is 0 Å². The average Bonchev–Trinajstić information content (AvgIpc) is 3.04. The molecule has 0 unspecified atom stereocenters. The third-order valence-corrected chi connectivity index (χ3v) is 8.82. The van der Waals surface area contributed by atoms with Crippen molar-refractivity contribution >= 4 is 21.6 Å². The Balaban J connectivity index is 1.62. The Morgan fingerprint density at radius 2 is 1.93 bits per heavy atom. The van der Waals surface area contributed by atoms with Crippen LogP contribution in [-0.4, -0.2) is 23.9 Å². The molecule has 28 heavy (non-hydrogen) atoms. The molecule has 2 fully saturated rings. The number of ketones is 1. The van der Waals surface area contributed by atoms with E-state index < -0.39 is 20.2 Å². The molecule has 148 valence electrons. The second-order valence-electron chi connectivity index (χ2n) is 8.14. The Morgan fingerprint density at radius 3 is 2.57 bits per heavy atom. The van der Waals surface area contributed by atoms with Gasteiger partial charge in [-0.3, -0.25) is 9.52 Å². The SMILES string of the molecule is CC1(C)[C@H]2CC[C@@]1(S(=O)(=O)Nc1ncccc1OCc1ccccc1)C(=O)C2. The zero-order valence-electron chi connectivity index (χ0n) is 16.0. The third-order valence-electron chi connectivity index (χ3n) is 6.49. The van der Waals surface area contributed by atoms with E-state index in [1.165, 1.54) is 6.20 Å². The minimum atomic E-state index is -3.99. The van der Waals surface area contributed by atoms with Gasteiger partial charge in [0.15, 0.2) is 22.1 Å². The smallest absolute Gasteiger partial charge is 0.247 e. The molecule has 2 saturated carbocycles. The molecule has 2 aromatic rings. The Kier molecular flexibility index (Phi) is 4.45. The van der Waals surface area contributed by atoms with E-state index in [9.17, 15) is 13.2 Å². The lowest BCUT2D eigenvalue weighted by Crippen LogP contribution is -2.53. The molecule has 2 aliphatic rings. The summed E-state index contributed by atoms with van der Waals surface area (Å²) in [7, 11) is -3.99. The third kappa shape index (κ3) is 2.71. The van der Waals surface area contributed by atoms with Crippen molar-refractivity contribution in [3.63, 3.8) is 0 Å². The van der Waals surface area contributed by atoms with Gasteiger partial charge >= 0.3 is 0 Å². The highest BCUT2D eigenvalue weighted by molar-refractivity contribution is 7.95. The van der Waals surface area contributed by atoms with E-state index in [1.807, 2.05) is 44.2 Å². The van der Waals surface area contributed by atoms with Crippen LogP contribution < -0.4 is 9.46 Å². The van der Waals surface area contributed by atoms with E-state index in [1.54, 1.807) is 12.1 Å². The topological polar surface area (TPSA) is 85.4 Å². The number of hydrogen-bond donors (Lipinski definition) is 1. The van der Waals surface area contributed by atoms with Gasteiger partial charge in [-0.05, 0) is 41.9 Å². The van der Waals surface area contributed by atoms with Crippen LogP contribution in [0.25, 0.3) is 0 Å². The largest absolute Gasteiger partial charge is 0.485 e. The summed E-state index contributed by atoms with van der Waals surface area (Å²) in [6, 6.07) is 13.0. The molecule has 7 heteroatoms. The Labute approximate surface area is 165 Å². The number of aromatic nitrogens is 1. The van der Waals surface area contributed by atoms with E-state index in [0.717, 1.165) is 12.0 Å². The van der Waals surface area contributed by atoms with Crippen LogP contribution in [0.15, 0.2) is 48.7 Å². The maximum atomic E-state index is 13.4. The quantitative estimate of drug-likeness (QED) is 0.801. The Bertz CT molecular complexity index is 1000. The molecule has 2 atom stereocenters. The molecule has 1 aromatic heterocycles. The predicted octanol–water partition coefficient (Wildman–Crippen LogP) is 3.55. The van der Waals surface area contributed by atoms with Gasteiger partial charge in [-0.1, -0.05) is 44.2 Å². The summed E-state index contributed by atoms with van der Waals surface area (Å²) in [6.45, 7) is 4.07. The maximum absolute atomic E-state index is 13.4. The van der Waals surface area contributed by atoms with Crippen molar-refractivity contribution in [1.82, 2.24) is 4.98 Å². The number of anilines is 1. The summed E-state index contributed by atoms with van der Waals surface area (Å²) in [5, 5.41) is 0. The molecule has 1 heterocycles. The van der Waals surface area contributed by atoms with Gasteiger partial charge in [0.25, 0.3) is 0 Å². The number of nitrogens with zero attached hydrogens (tertiary/aromatic N) is 1. The normalized spacial score (nSPS) is 25.6. The number of carbonyl (C=O) groups excluding carboxylic acids is 1. The van der Waals surface area contributed by atoms with Crippen molar-refractivity contribution in [2.24, 2.45) is 11.3 Å². The number of ether oxygens (including phenoxy) is 1. The minimum Gasteiger partial charge on any atom is -0.485 e. The van der Waals surface area contributed by atoms with Crippen molar-refractivity contribution in [1.29, 1.82) is 0 Å². The molecular weight excluding hydrogens is 376 g/mol. The molecule has 2 bridgehead atoms. The van der Waals surface area contributed by atoms with Gasteiger partial charge in [-0.25, -0.2) is 13.4 Å². The fraction of sp³-hybridized carbons (Fsp3) is 0.429. The number of benzene rings is 1. The first-order chi connectivity index (χ1) is 13.3. The molecule has 0 aliphatic heterocycles. The van der Waals surface area contributed by atoms with E-state index in [-0.39, 0.29) is 17.5 Å². The Hall–Kier alpha value is -2.41. The number of nitrogens with one attached hydrogen (secondary N) is 1. The second-order valence-corrected chi connectivity index (χ2v) is 10.0. The van der Waals surface area contributed by atoms with E-state index in [2.05, 4.69) is 9.71 Å². The molecule has 0 radical (unpaired) electrons. The molecule has 0 spiro atoms. The number of fused-ring (bicyclic) bond motifs is 2. The lowest BCUT2D eigenvalue weighted by molar-refractivity contribution is -0.121. The monoisotopic (exact) mass is 400 g/mol. The standard InChI is InChI=1S/C21H24N2O4S/c1-20(2)16-10-11-21(20,18(24)13-16)28(25,26)23-19-17(9-6-12-22-19)27-14-15-7-4-3-5-8-15/h3-9,12,16H,10-11,13-14H2,1-2H3,(H,22,23)/t16-,21+/m0/s1. The van der Waals surface area contributed by atoms with Crippen molar-refractivity contribution < 1.29 is 17.9 Å². The van der Waals surface area contributed by atoms with Crippen molar-refractivity contribution in [2.45, 2.75) is 44.5 Å². The van der Waals surface area contributed by atoms with Crippen LogP contribution in [0.3, 0.4) is 0 Å².